The minimum Gasteiger partial charge on any atom is -0.550 e. The summed E-state index contributed by atoms with van der Waals surface area (Å²) in [5.41, 5.74) is 1.09. The number of ether oxygens (including phenoxy) is 1. The van der Waals surface area contributed by atoms with Crippen LogP contribution < -0.4 is 10.2 Å². The van der Waals surface area contributed by atoms with Gasteiger partial charge in [0, 0.05) is 5.97 Å². The van der Waals surface area contributed by atoms with Gasteiger partial charge in [0.2, 0.25) is 0 Å². The first-order valence-corrected chi connectivity index (χ1v) is 7.15. The zero-order chi connectivity index (χ0) is 17.8. The topological polar surface area (TPSA) is 107 Å². The minimum absolute atomic E-state index is 0. The van der Waals surface area contributed by atoms with Crippen LogP contribution in [0.3, 0.4) is 0 Å². The standard InChI is InChI=1S/C11H12O4.C7H6O2.Ca/c12-10(13)6-7-11(14)15-8-9-4-2-1-3-5-9;8-7(9)6-4-2-1-3-5-6;/h1-5H,6-8H2,(H,12,13);1-5H,(H,8,9);/q;;+2/p-2. The van der Waals surface area contributed by atoms with E-state index in [1.54, 1.807) is 18.2 Å². The number of carbonyl (C=O) groups excluding carboxylic acids is 3. The van der Waals surface area contributed by atoms with E-state index in [1.807, 2.05) is 30.3 Å². The molecule has 6 nitrogen and oxygen atoms in total. The molecule has 0 radical (unpaired) electrons. The molecule has 2 rings (SSSR count). The fourth-order valence-corrected chi connectivity index (χ4v) is 1.59. The summed E-state index contributed by atoms with van der Waals surface area (Å²) in [6, 6.07) is 17.3. The summed E-state index contributed by atoms with van der Waals surface area (Å²) < 4.78 is 4.85. The summed E-state index contributed by atoms with van der Waals surface area (Å²) in [5.74, 6) is -2.90. The molecule has 0 aromatic heterocycles. The number of aliphatic carboxylic acids is 1. The van der Waals surface area contributed by atoms with Crippen molar-refractivity contribution in [1.82, 2.24) is 0 Å². The van der Waals surface area contributed by atoms with Crippen molar-refractivity contribution in [1.29, 1.82) is 0 Å². The van der Waals surface area contributed by atoms with Gasteiger partial charge in [-0.1, -0.05) is 60.7 Å². The second kappa shape index (κ2) is 13.4. The molecule has 0 aliphatic carbocycles. The molecule has 0 amide bonds. The Morgan fingerprint density at radius 3 is 1.76 bits per heavy atom. The maximum atomic E-state index is 11.0. The average Bonchev–Trinajstić information content (AvgIpc) is 2.60. The van der Waals surface area contributed by atoms with E-state index in [9.17, 15) is 24.6 Å². The molecule has 0 saturated carbocycles. The predicted octanol–water partition coefficient (Wildman–Crippen LogP) is -0.0708. The SMILES string of the molecule is O=C([O-])CCC(=O)OCc1ccccc1.O=C([O-])c1ccccc1.[Ca+2]. The maximum absolute atomic E-state index is 11.0. The molecule has 7 heteroatoms. The third-order valence-corrected chi connectivity index (χ3v) is 2.79. The molecule has 2 aromatic rings. The quantitative estimate of drug-likeness (QED) is 0.522. The summed E-state index contributed by atoms with van der Waals surface area (Å²) in [6.45, 7) is 0.173. The van der Waals surface area contributed by atoms with Crippen molar-refractivity contribution >= 4 is 55.6 Å². The number of aromatic carboxylic acids is 1. The first-order valence-electron chi connectivity index (χ1n) is 7.15. The van der Waals surface area contributed by atoms with Gasteiger partial charge >= 0.3 is 43.7 Å². The van der Waals surface area contributed by atoms with Crippen molar-refractivity contribution in [3.05, 3.63) is 71.8 Å². The van der Waals surface area contributed by atoms with E-state index in [0.29, 0.717) is 0 Å². The largest absolute Gasteiger partial charge is 2.00 e. The number of carboxylic acids is 2. The summed E-state index contributed by atoms with van der Waals surface area (Å²) in [5, 5.41) is 20.1. The Morgan fingerprint density at radius 2 is 1.32 bits per heavy atom. The fraction of sp³-hybridized carbons (Fsp3) is 0.167. The van der Waals surface area contributed by atoms with Gasteiger partial charge in [-0.3, -0.25) is 4.79 Å². The monoisotopic (exact) mass is 368 g/mol. The molecule has 0 aliphatic heterocycles. The average molecular weight is 368 g/mol. The summed E-state index contributed by atoms with van der Waals surface area (Å²) >= 11 is 0. The number of carbonyl (C=O) groups is 3. The predicted molar refractivity (Wildman–Crippen MR) is 87.0 cm³/mol. The number of carboxylic acid groups (broad SMARTS) is 2. The van der Waals surface area contributed by atoms with E-state index in [4.69, 9.17) is 4.74 Å². The molecular weight excluding hydrogens is 352 g/mol. The van der Waals surface area contributed by atoms with Crippen LogP contribution in [0.5, 0.6) is 0 Å². The van der Waals surface area contributed by atoms with Crippen LogP contribution in [0.15, 0.2) is 60.7 Å². The van der Waals surface area contributed by atoms with E-state index in [1.165, 1.54) is 12.1 Å². The van der Waals surface area contributed by atoms with Gasteiger partial charge < -0.3 is 24.5 Å². The van der Waals surface area contributed by atoms with Crippen molar-refractivity contribution in [2.45, 2.75) is 19.4 Å². The molecule has 0 N–H and O–H groups in total. The Hall–Kier alpha value is -1.89. The molecule has 0 aliphatic rings. The van der Waals surface area contributed by atoms with Crippen LogP contribution in [0.4, 0.5) is 0 Å². The van der Waals surface area contributed by atoms with Crippen LogP contribution in [0.25, 0.3) is 0 Å². The van der Waals surface area contributed by atoms with Gasteiger partial charge in [0.05, 0.1) is 12.4 Å². The van der Waals surface area contributed by atoms with Crippen molar-refractivity contribution < 1.29 is 29.3 Å². The third kappa shape index (κ3) is 11.3. The van der Waals surface area contributed by atoms with Crippen LogP contribution in [0.1, 0.15) is 28.8 Å². The number of rotatable bonds is 6. The van der Waals surface area contributed by atoms with E-state index >= 15 is 0 Å². The van der Waals surface area contributed by atoms with Crippen molar-refractivity contribution in [3.63, 3.8) is 0 Å². The summed E-state index contributed by atoms with van der Waals surface area (Å²) in [4.78, 5) is 31.2. The third-order valence-electron chi connectivity index (χ3n) is 2.79. The maximum Gasteiger partial charge on any atom is 2.00 e. The van der Waals surface area contributed by atoms with Gasteiger partial charge in [-0.15, -0.1) is 0 Å². The van der Waals surface area contributed by atoms with Crippen LogP contribution >= 0.6 is 0 Å². The zero-order valence-electron chi connectivity index (χ0n) is 13.6. The summed E-state index contributed by atoms with van der Waals surface area (Å²) in [7, 11) is 0. The zero-order valence-corrected chi connectivity index (χ0v) is 15.8. The number of benzene rings is 2. The molecule has 126 valence electrons. The second-order valence-corrected chi connectivity index (χ2v) is 4.67. The molecule has 0 unspecified atom stereocenters. The van der Waals surface area contributed by atoms with E-state index in [-0.39, 0.29) is 62.8 Å². The molecular formula is C18H16CaO6. The smallest absolute Gasteiger partial charge is 0.550 e. The van der Waals surface area contributed by atoms with Gasteiger partial charge in [-0.05, 0) is 17.5 Å². The Labute approximate surface area is 175 Å². The Morgan fingerprint density at radius 1 is 0.800 bits per heavy atom. The van der Waals surface area contributed by atoms with Crippen LogP contribution in [0, 0.1) is 0 Å². The van der Waals surface area contributed by atoms with Crippen LogP contribution in [-0.4, -0.2) is 55.6 Å². The molecule has 0 spiro atoms. The Kier molecular flexibility index (Phi) is 12.4. The normalized spacial score (nSPS) is 8.96. The first-order chi connectivity index (χ1) is 11.5. The van der Waals surface area contributed by atoms with Crippen molar-refractivity contribution in [2.75, 3.05) is 0 Å². The molecule has 25 heavy (non-hydrogen) atoms. The van der Waals surface area contributed by atoms with Crippen molar-refractivity contribution in [2.24, 2.45) is 0 Å². The van der Waals surface area contributed by atoms with Gasteiger partial charge in [-0.2, -0.15) is 0 Å². The fourth-order valence-electron chi connectivity index (χ4n) is 1.59. The minimum atomic E-state index is -1.24. The molecule has 2 aromatic carbocycles. The molecule has 0 bridgehead atoms. The Balaban J connectivity index is 0.000000495. The molecule has 0 saturated heterocycles. The molecule has 0 fully saturated rings. The van der Waals surface area contributed by atoms with Crippen LogP contribution in [0.2, 0.25) is 0 Å². The first kappa shape index (κ1) is 23.1. The number of hydrogen-bond acceptors (Lipinski definition) is 6. The molecule has 0 atom stereocenters. The van der Waals surface area contributed by atoms with Gasteiger partial charge in [0.1, 0.15) is 6.61 Å². The number of hydrogen-bond donors (Lipinski definition) is 0. The van der Waals surface area contributed by atoms with Gasteiger partial charge in [0.15, 0.2) is 0 Å². The van der Waals surface area contributed by atoms with E-state index in [0.717, 1.165) is 5.56 Å². The van der Waals surface area contributed by atoms with E-state index < -0.39 is 17.9 Å². The van der Waals surface area contributed by atoms with Crippen LogP contribution in [-0.2, 0) is 20.9 Å². The van der Waals surface area contributed by atoms with E-state index in [2.05, 4.69) is 0 Å². The summed E-state index contributed by atoms with van der Waals surface area (Å²) in [6.07, 6.45) is -0.442. The number of esters is 1. The second-order valence-electron chi connectivity index (χ2n) is 4.67. The van der Waals surface area contributed by atoms with Crippen molar-refractivity contribution in [3.8, 4) is 0 Å². The van der Waals surface area contributed by atoms with Gasteiger partial charge in [0.25, 0.3) is 0 Å². The molecule has 0 heterocycles. The van der Waals surface area contributed by atoms with Gasteiger partial charge in [-0.25, -0.2) is 0 Å². The Bertz CT molecular complexity index is 658.